The Labute approximate surface area is 115 Å². The van der Waals surface area contributed by atoms with E-state index in [2.05, 4.69) is 30.0 Å². The highest BCUT2D eigenvalue weighted by Crippen LogP contribution is 2.14. The molecule has 0 amide bonds. The summed E-state index contributed by atoms with van der Waals surface area (Å²) in [4.78, 5) is 4.52. The van der Waals surface area contributed by atoms with Gasteiger partial charge >= 0.3 is 0 Å². The Morgan fingerprint density at radius 3 is 2.95 bits per heavy atom. The normalized spacial score (nSPS) is 20.4. The molecule has 0 N–H and O–H groups in total. The van der Waals surface area contributed by atoms with E-state index in [0.717, 1.165) is 43.9 Å². The summed E-state index contributed by atoms with van der Waals surface area (Å²) in [6, 6.07) is 10.1. The van der Waals surface area contributed by atoms with E-state index in [9.17, 15) is 0 Å². The van der Waals surface area contributed by atoms with Gasteiger partial charge in [0.2, 0.25) is 0 Å². The number of nitriles is 1. The van der Waals surface area contributed by atoms with Crippen molar-refractivity contribution in [1.29, 1.82) is 5.26 Å². The Balaban J connectivity index is 1.97. The van der Waals surface area contributed by atoms with E-state index >= 15 is 0 Å². The van der Waals surface area contributed by atoms with Crippen molar-refractivity contribution in [3.63, 3.8) is 0 Å². The molecule has 1 aliphatic rings. The van der Waals surface area contributed by atoms with Crippen molar-refractivity contribution in [1.82, 2.24) is 9.80 Å². The van der Waals surface area contributed by atoms with E-state index in [1.54, 1.807) is 0 Å². The highest BCUT2D eigenvalue weighted by Gasteiger charge is 2.21. The largest absolute Gasteiger partial charge is 0.374 e. The zero-order chi connectivity index (χ0) is 13.7. The molecule has 0 unspecified atom stereocenters. The lowest BCUT2D eigenvalue weighted by atomic mass is 10.1. The summed E-state index contributed by atoms with van der Waals surface area (Å²) in [7, 11) is 4.13. The number of rotatable bonds is 4. The molecule has 0 saturated carbocycles. The lowest BCUT2D eigenvalue weighted by Crippen LogP contribution is -2.46. The number of morpholine rings is 1. The minimum atomic E-state index is 0.262. The fourth-order valence-corrected chi connectivity index (χ4v) is 2.45. The van der Waals surface area contributed by atoms with Crippen LogP contribution in [0.2, 0.25) is 0 Å². The fraction of sp³-hybridized carbons (Fsp3) is 0.533. The molecule has 102 valence electrons. The lowest BCUT2D eigenvalue weighted by Gasteiger charge is -2.34. The summed E-state index contributed by atoms with van der Waals surface area (Å²) in [6.07, 6.45) is 0.262. The molecule has 1 aromatic rings. The standard InChI is InChI=1S/C15H21N3O/c1-17(2)11-15-12-18(7-8-19-15)10-14-6-4-3-5-13(14)9-16/h3-6,15H,7-8,10-12H2,1-2H3/t15-/m1/s1. The lowest BCUT2D eigenvalue weighted by molar-refractivity contribution is -0.0406. The van der Waals surface area contributed by atoms with E-state index in [0.29, 0.717) is 0 Å². The third kappa shape index (κ3) is 4.03. The number of ether oxygens (including phenoxy) is 1. The van der Waals surface area contributed by atoms with Gasteiger partial charge in [0.1, 0.15) is 0 Å². The molecule has 0 aromatic heterocycles. The van der Waals surface area contributed by atoms with Crippen molar-refractivity contribution in [3.8, 4) is 6.07 Å². The van der Waals surface area contributed by atoms with Gasteiger partial charge in [-0.25, -0.2) is 0 Å². The smallest absolute Gasteiger partial charge is 0.0995 e. The summed E-state index contributed by atoms with van der Waals surface area (Å²) in [5.41, 5.74) is 1.88. The van der Waals surface area contributed by atoms with Gasteiger partial charge in [-0.15, -0.1) is 0 Å². The van der Waals surface area contributed by atoms with Crippen molar-refractivity contribution in [2.75, 3.05) is 40.3 Å². The molecule has 1 saturated heterocycles. The predicted octanol–water partition coefficient (Wildman–Crippen LogP) is 1.32. The minimum Gasteiger partial charge on any atom is -0.374 e. The van der Waals surface area contributed by atoms with E-state index in [1.165, 1.54) is 0 Å². The van der Waals surface area contributed by atoms with Crippen molar-refractivity contribution in [2.24, 2.45) is 0 Å². The van der Waals surface area contributed by atoms with Gasteiger partial charge < -0.3 is 9.64 Å². The number of likely N-dealkylation sites (N-methyl/N-ethyl adjacent to an activating group) is 1. The van der Waals surface area contributed by atoms with Gasteiger partial charge in [-0.3, -0.25) is 4.90 Å². The van der Waals surface area contributed by atoms with Crippen LogP contribution < -0.4 is 0 Å². The van der Waals surface area contributed by atoms with Gasteiger partial charge in [-0.05, 0) is 25.7 Å². The molecule has 0 radical (unpaired) electrons. The van der Waals surface area contributed by atoms with Crippen molar-refractivity contribution < 1.29 is 4.74 Å². The van der Waals surface area contributed by atoms with Gasteiger partial charge in [0.05, 0.1) is 24.3 Å². The number of nitrogens with zero attached hydrogens (tertiary/aromatic N) is 3. The average molecular weight is 259 g/mol. The van der Waals surface area contributed by atoms with Crippen LogP contribution in [-0.2, 0) is 11.3 Å². The van der Waals surface area contributed by atoms with Crippen LogP contribution in [-0.4, -0.2) is 56.2 Å². The van der Waals surface area contributed by atoms with Crippen LogP contribution in [0.4, 0.5) is 0 Å². The van der Waals surface area contributed by atoms with Crippen molar-refractivity contribution >= 4 is 0 Å². The molecule has 1 atom stereocenters. The summed E-state index contributed by atoms with van der Waals surface area (Å²) in [5.74, 6) is 0. The molecule has 1 aromatic carbocycles. The molecule has 1 aliphatic heterocycles. The van der Waals surface area contributed by atoms with Crippen LogP contribution >= 0.6 is 0 Å². The molecule has 0 bridgehead atoms. The molecule has 1 fully saturated rings. The minimum absolute atomic E-state index is 0.262. The van der Waals surface area contributed by atoms with E-state index in [-0.39, 0.29) is 6.10 Å². The van der Waals surface area contributed by atoms with Gasteiger partial charge in [0, 0.05) is 26.2 Å². The summed E-state index contributed by atoms with van der Waals surface area (Å²) in [5, 5.41) is 9.12. The van der Waals surface area contributed by atoms with E-state index < -0.39 is 0 Å². The zero-order valence-electron chi connectivity index (χ0n) is 11.7. The van der Waals surface area contributed by atoms with Crippen LogP contribution in [0.1, 0.15) is 11.1 Å². The second-order valence-electron chi connectivity index (χ2n) is 5.26. The third-order valence-corrected chi connectivity index (χ3v) is 3.32. The highest BCUT2D eigenvalue weighted by molar-refractivity contribution is 5.37. The molecular formula is C15H21N3O. The average Bonchev–Trinajstić information content (AvgIpc) is 2.39. The zero-order valence-corrected chi connectivity index (χ0v) is 11.7. The molecule has 0 spiro atoms. The summed E-state index contributed by atoms with van der Waals surface area (Å²) < 4.78 is 5.76. The molecule has 1 heterocycles. The fourth-order valence-electron chi connectivity index (χ4n) is 2.45. The second kappa shape index (κ2) is 6.67. The van der Waals surface area contributed by atoms with E-state index in [4.69, 9.17) is 10.00 Å². The van der Waals surface area contributed by atoms with Gasteiger partial charge in [0.15, 0.2) is 0 Å². The van der Waals surface area contributed by atoms with E-state index in [1.807, 2.05) is 24.3 Å². The Hall–Kier alpha value is -1.41. The molecule has 19 heavy (non-hydrogen) atoms. The quantitative estimate of drug-likeness (QED) is 0.817. The highest BCUT2D eigenvalue weighted by atomic mass is 16.5. The first kappa shape index (κ1) is 14.0. The SMILES string of the molecule is CN(C)C[C@@H]1CN(Cc2ccccc2C#N)CCO1. The first-order valence-corrected chi connectivity index (χ1v) is 6.65. The summed E-state index contributed by atoms with van der Waals surface area (Å²) in [6.45, 7) is 4.41. The molecule has 2 rings (SSSR count). The maximum absolute atomic E-state index is 9.12. The van der Waals surface area contributed by atoms with Gasteiger partial charge in [-0.1, -0.05) is 18.2 Å². The van der Waals surface area contributed by atoms with Crippen molar-refractivity contribution in [3.05, 3.63) is 35.4 Å². The van der Waals surface area contributed by atoms with Crippen LogP contribution in [0.3, 0.4) is 0 Å². The monoisotopic (exact) mass is 259 g/mol. The molecular weight excluding hydrogens is 238 g/mol. The number of benzene rings is 1. The second-order valence-corrected chi connectivity index (χ2v) is 5.26. The van der Waals surface area contributed by atoms with Crippen LogP contribution in [0.5, 0.6) is 0 Å². The summed E-state index contributed by atoms with van der Waals surface area (Å²) >= 11 is 0. The van der Waals surface area contributed by atoms with Gasteiger partial charge in [-0.2, -0.15) is 5.26 Å². The van der Waals surface area contributed by atoms with Crippen molar-refractivity contribution in [2.45, 2.75) is 12.6 Å². The third-order valence-electron chi connectivity index (χ3n) is 3.32. The van der Waals surface area contributed by atoms with Crippen LogP contribution in [0.25, 0.3) is 0 Å². The first-order valence-electron chi connectivity index (χ1n) is 6.65. The topological polar surface area (TPSA) is 39.5 Å². The predicted molar refractivity (Wildman–Crippen MR) is 74.7 cm³/mol. The van der Waals surface area contributed by atoms with Crippen LogP contribution in [0, 0.1) is 11.3 Å². The van der Waals surface area contributed by atoms with Gasteiger partial charge in [0.25, 0.3) is 0 Å². The molecule has 4 nitrogen and oxygen atoms in total. The first-order chi connectivity index (χ1) is 9.19. The molecule has 4 heteroatoms. The maximum atomic E-state index is 9.12. The Kier molecular flexibility index (Phi) is 4.92. The number of hydrogen-bond acceptors (Lipinski definition) is 4. The Morgan fingerprint density at radius 2 is 2.21 bits per heavy atom. The molecule has 0 aliphatic carbocycles. The Morgan fingerprint density at radius 1 is 1.42 bits per heavy atom. The number of hydrogen-bond donors (Lipinski definition) is 0. The maximum Gasteiger partial charge on any atom is 0.0995 e. The van der Waals surface area contributed by atoms with Crippen LogP contribution in [0.15, 0.2) is 24.3 Å². The Bertz CT molecular complexity index is 453.